The Morgan fingerprint density at radius 1 is 1.25 bits per heavy atom. The van der Waals surface area contributed by atoms with Crippen LogP contribution >= 0.6 is 0 Å². The summed E-state index contributed by atoms with van der Waals surface area (Å²) in [6, 6.07) is 6.99. The summed E-state index contributed by atoms with van der Waals surface area (Å²) < 4.78 is 14.2. The average molecular weight is 278 g/mol. The first kappa shape index (κ1) is 14.0. The van der Waals surface area contributed by atoms with Crippen LogP contribution in [-0.4, -0.2) is 41.8 Å². The smallest absolute Gasteiger partial charge is 0.127 e. The van der Waals surface area contributed by atoms with Crippen molar-refractivity contribution in [1.29, 1.82) is 0 Å². The highest BCUT2D eigenvalue weighted by Crippen LogP contribution is 2.41. The zero-order chi connectivity index (χ0) is 14.0. The van der Waals surface area contributed by atoms with Gasteiger partial charge in [0.25, 0.3) is 0 Å². The number of benzene rings is 1. The van der Waals surface area contributed by atoms with E-state index in [1.165, 1.54) is 6.07 Å². The fraction of sp³-hybridized carbons (Fsp3) is 0.625. The van der Waals surface area contributed by atoms with E-state index in [1.54, 1.807) is 6.07 Å². The summed E-state index contributed by atoms with van der Waals surface area (Å²) in [5.41, 5.74) is 0.146. The molecule has 3 rings (SSSR count). The Hall–Kier alpha value is -0.970. The molecule has 2 aliphatic rings. The van der Waals surface area contributed by atoms with Crippen LogP contribution in [0.5, 0.6) is 0 Å². The van der Waals surface area contributed by atoms with Crippen LogP contribution in [0.25, 0.3) is 0 Å². The Balaban J connectivity index is 1.84. The van der Waals surface area contributed by atoms with E-state index in [-0.39, 0.29) is 11.9 Å². The van der Waals surface area contributed by atoms with Crippen LogP contribution in [0.15, 0.2) is 24.3 Å². The van der Waals surface area contributed by atoms with Crippen LogP contribution in [0.4, 0.5) is 4.39 Å². The minimum atomic E-state index is -0.585. The van der Waals surface area contributed by atoms with Crippen molar-refractivity contribution in [3.63, 3.8) is 0 Å². The molecule has 1 aliphatic carbocycles. The lowest BCUT2D eigenvalue weighted by Gasteiger charge is -2.43. The van der Waals surface area contributed by atoms with Crippen molar-refractivity contribution >= 4 is 0 Å². The summed E-state index contributed by atoms with van der Waals surface area (Å²) in [4.78, 5) is 2.31. The first-order valence-electron chi connectivity index (χ1n) is 7.60. The summed E-state index contributed by atoms with van der Waals surface area (Å²) in [6.45, 7) is 3.69. The maximum Gasteiger partial charge on any atom is 0.127 e. The standard InChI is InChI=1S/C16H23FN2O/c17-14-5-2-1-4-13(14)15(12-16(20)6-3-7-16)19-10-8-18-9-11-19/h1-2,4-5,15,18,20H,3,6-12H2. The van der Waals surface area contributed by atoms with Gasteiger partial charge in [-0.2, -0.15) is 0 Å². The molecular weight excluding hydrogens is 255 g/mol. The van der Waals surface area contributed by atoms with Gasteiger partial charge in [-0.3, -0.25) is 4.90 Å². The minimum Gasteiger partial charge on any atom is -0.390 e. The van der Waals surface area contributed by atoms with Gasteiger partial charge in [0.1, 0.15) is 5.82 Å². The molecular formula is C16H23FN2O. The van der Waals surface area contributed by atoms with Crippen molar-refractivity contribution in [3.05, 3.63) is 35.6 Å². The topological polar surface area (TPSA) is 35.5 Å². The van der Waals surface area contributed by atoms with Crippen molar-refractivity contribution < 1.29 is 9.50 Å². The van der Waals surface area contributed by atoms with Gasteiger partial charge in [-0.25, -0.2) is 4.39 Å². The van der Waals surface area contributed by atoms with Gasteiger partial charge in [-0.15, -0.1) is 0 Å². The molecule has 2 fully saturated rings. The normalized spacial score (nSPS) is 24.1. The first-order valence-corrected chi connectivity index (χ1v) is 7.60. The maximum atomic E-state index is 14.2. The number of aliphatic hydroxyl groups is 1. The van der Waals surface area contributed by atoms with Gasteiger partial charge in [-0.1, -0.05) is 18.2 Å². The molecule has 1 aromatic rings. The van der Waals surface area contributed by atoms with Crippen molar-refractivity contribution in [2.75, 3.05) is 26.2 Å². The Bertz CT molecular complexity index is 456. The first-order chi connectivity index (χ1) is 9.68. The van der Waals surface area contributed by atoms with Gasteiger partial charge in [0.05, 0.1) is 5.60 Å². The fourth-order valence-electron chi connectivity index (χ4n) is 3.32. The largest absolute Gasteiger partial charge is 0.390 e. The molecule has 1 unspecified atom stereocenters. The number of nitrogens with one attached hydrogen (secondary N) is 1. The Kier molecular flexibility index (Phi) is 4.06. The predicted octanol–water partition coefficient (Wildman–Crippen LogP) is 2.08. The third-order valence-corrected chi connectivity index (χ3v) is 4.71. The Labute approximate surface area is 119 Å². The predicted molar refractivity (Wildman–Crippen MR) is 77.0 cm³/mol. The lowest BCUT2D eigenvalue weighted by atomic mass is 9.74. The van der Waals surface area contributed by atoms with Crippen LogP contribution < -0.4 is 5.32 Å². The molecule has 20 heavy (non-hydrogen) atoms. The third kappa shape index (κ3) is 2.87. The molecule has 2 N–H and O–H groups in total. The molecule has 0 bridgehead atoms. The van der Waals surface area contributed by atoms with Gasteiger partial charge in [0.15, 0.2) is 0 Å². The molecule has 0 amide bonds. The molecule has 4 heteroatoms. The van der Waals surface area contributed by atoms with E-state index >= 15 is 0 Å². The second-order valence-corrected chi connectivity index (χ2v) is 6.11. The number of hydrogen-bond donors (Lipinski definition) is 2. The van der Waals surface area contributed by atoms with Gasteiger partial charge < -0.3 is 10.4 Å². The minimum absolute atomic E-state index is 0.0106. The van der Waals surface area contributed by atoms with Crippen LogP contribution in [0, 0.1) is 5.82 Å². The molecule has 3 nitrogen and oxygen atoms in total. The molecule has 0 spiro atoms. The number of nitrogens with zero attached hydrogens (tertiary/aromatic N) is 1. The summed E-state index contributed by atoms with van der Waals surface area (Å²) in [7, 11) is 0. The molecule has 0 radical (unpaired) electrons. The molecule has 1 atom stereocenters. The molecule has 1 heterocycles. The van der Waals surface area contributed by atoms with Gasteiger partial charge in [0, 0.05) is 37.8 Å². The van der Waals surface area contributed by atoms with E-state index in [2.05, 4.69) is 10.2 Å². The maximum absolute atomic E-state index is 14.2. The highest BCUT2D eigenvalue weighted by Gasteiger charge is 2.39. The van der Waals surface area contributed by atoms with Crippen molar-refractivity contribution in [3.8, 4) is 0 Å². The van der Waals surface area contributed by atoms with Crippen molar-refractivity contribution in [2.45, 2.75) is 37.3 Å². The van der Waals surface area contributed by atoms with Gasteiger partial charge in [-0.05, 0) is 31.7 Å². The average Bonchev–Trinajstić information content (AvgIpc) is 2.45. The molecule has 1 saturated heterocycles. The van der Waals surface area contributed by atoms with Crippen molar-refractivity contribution in [1.82, 2.24) is 10.2 Å². The highest BCUT2D eigenvalue weighted by atomic mass is 19.1. The molecule has 1 aliphatic heterocycles. The quantitative estimate of drug-likeness (QED) is 0.885. The number of hydrogen-bond acceptors (Lipinski definition) is 3. The zero-order valence-corrected chi connectivity index (χ0v) is 11.8. The summed E-state index contributed by atoms with van der Waals surface area (Å²) in [5, 5.41) is 13.8. The Morgan fingerprint density at radius 2 is 1.95 bits per heavy atom. The lowest BCUT2D eigenvalue weighted by Crippen LogP contribution is -2.48. The summed E-state index contributed by atoms with van der Waals surface area (Å²) in [6.07, 6.45) is 3.43. The summed E-state index contributed by atoms with van der Waals surface area (Å²) in [5.74, 6) is -0.154. The zero-order valence-electron chi connectivity index (χ0n) is 11.8. The van der Waals surface area contributed by atoms with E-state index in [4.69, 9.17) is 0 Å². The van der Waals surface area contributed by atoms with E-state index in [0.29, 0.717) is 6.42 Å². The van der Waals surface area contributed by atoms with Crippen molar-refractivity contribution in [2.24, 2.45) is 0 Å². The lowest BCUT2D eigenvalue weighted by molar-refractivity contribution is -0.0619. The second-order valence-electron chi connectivity index (χ2n) is 6.11. The number of rotatable bonds is 4. The monoisotopic (exact) mass is 278 g/mol. The molecule has 1 aromatic carbocycles. The fourth-order valence-corrected chi connectivity index (χ4v) is 3.32. The summed E-state index contributed by atoms with van der Waals surface area (Å²) >= 11 is 0. The van der Waals surface area contributed by atoms with E-state index in [1.807, 2.05) is 12.1 Å². The van der Waals surface area contributed by atoms with E-state index < -0.39 is 5.60 Å². The van der Waals surface area contributed by atoms with Gasteiger partial charge in [0.2, 0.25) is 0 Å². The Morgan fingerprint density at radius 3 is 2.55 bits per heavy atom. The number of halogens is 1. The van der Waals surface area contributed by atoms with E-state index in [0.717, 1.165) is 51.0 Å². The third-order valence-electron chi connectivity index (χ3n) is 4.71. The highest BCUT2D eigenvalue weighted by molar-refractivity contribution is 5.22. The molecule has 0 aromatic heterocycles. The van der Waals surface area contributed by atoms with Crippen LogP contribution in [-0.2, 0) is 0 Å². The molecule has 1 saturated carbocycles. The SMILES string of the molecule is OC1(CC(c2ccccc2F)N2CCNCC2)CCC1. The van der Waals surface area contributed by atoms with E-state index in [9.17, 15) is 9.50 Å². The number of piperazine rings is 1. The second kappa shape index (κ2) is 5.80. The van der Waals surface area contributed by atoms with Crippen LogP contribution in [0.1, 0.15) is 37.3 Å². The van der Waals surface area contributed by atoms with Gasteiger partial charge >= 0.3 is 0 Å². The van der Waals surface area contributed by atoms with Crippen LogP contribution in [0.3, 0.4) is 0 Å². The van der Waals surface area contributed by atoms with Crippen LogP contribution in [0.2, 0.25) is 0 Å². The molecule has 110 valence electrons.